The lowest BCUT2D eigenvalue weighted by Gasteiger charge is -2.25. The highest BCUT2D eigenvalue weighted by atomic mass is 15.3. The summed E-state index contributed by atoms with van der Waals surface area (Å²) in [5, 5.41) is 11.7. The van der Waals surface area contributed by atoms with Gasteiger partial charge < -0.3 is 9.88 Å². The minimum Gasteiger partial charge on any atom is -0.317 e. The number of aromatic nitrogens is 3. The Bertz CT molecular complexity index is 314. The summed E-state index contributed by atoms with van der Waals surface area (Å²) in [4.78, 5) is 0. The molecule has 0 fully saturated rings. The van der Waals surface area contributed by atoms with Crippen molar-refractivity contribution in [3.63, 3.8) is 0 Å². The summed E-state index contributed by atoms with van der Waals surface area (Å²) in [7, 11) is 2.00. The van der Waals surface area contributed by atoms with Crippen LogP contribution in [0.2, 0.25) is 0 Å². The molecule has 0 saturated heterocycles. The molecule has 86 valence electrons. The minimum atomic E-state index is 0.175. The number of hydrogen-bond acceptors (Lipinski definition) is 3. The van der Waals surface area contributed by atoms with E-state index in [4.69, 9.17) is 0 Å². The fourth-order valence-electron chi connectivity index (χ4n) is 1.64. The highest BCUT2D eigenvalue weighted by molar-refractivity contribution is 4.93. The molecule has 0 spiro atoms. The molecule has 0 aromatic carbocycles. The fraction of sp³-hybridized carbons (Fsp3) is 0.818. The highest BCUT2D eigenvalue weighted by Gasteiger charge is 2.16. The normalized spacial score (nSPS) is 12.1. The summed E-state index contributed by atoms with van der Waals surface area (Å²) in [5.41, 5.74) is 0.175. The van der Waals surface area contributed by atoms with Crippen LogP contribution in [0.1, 0.15) is 45.3 Å². The second-order valence-corrected chi connectivity index (χ2v) is 4.71. The van der Waals surface area contributed by atoms with E-state index in [1.54, 1.807) is 0 Å². The third-order valence-corrected chi connectivity index (χ3v) is 2.78. The zero-order valence-corrected chi connectivity index (χ0v) is 10.5. The SMILES string of the molecule is CCCC(C)(C)NCc1nnc(C)n1C. The average molecular weight is 210 g/mol. The molecule has 1 aromatic rings. The van der Waals surface area contributed by atoms with Crippen molar-refractivity contribution in [1.29, 1.82) is 0 Å². The van der Waals surface area contributed by atoms with E-state index in [1.807, 2.05) is 18.5 Å². The van der Waals surface area contributed by atoms with Gasteiger partial charge in [0.2, 0.25) is 0 Å². The van der Waals surface area contributed by atoms with Crippen LogP contribution in [0, 0.1) is 6.92 Å². The molecule has 1 heterocycles. The van der Waals surface area contributed by atoms with Crippen LogP contribution < -0.4 is 5.32 Å². The van der Waals surface area contributed by atoms with E-state index < -0.39 is 0 Å². The monoisotopic (exact) mass is 210 g/mol. The van der Waals surface area contributed by atoms with E-state index in [1.165, 1.54) is 12.8 Å². The number of aryl methyl sites for hydroxylation is 1. The molecule has 4 heteroatoms. The Labute approximate surface area is 92.1 Å². The Morgan fingerprint density at radius 3 is 2.47 bits per heavy atom. The zero-order valence-electron chi connectivity index (χ0n) is 10.5. The first kappa shape index (κ1) is 12.2. The van der Waals surface area contributed by atoms with Crippen LogP contribution in [0.4, 0.5) is 0 Å². The molecular formula is C11H22N4. The molecule has 0 aliphatic rings. The minimum absolute atomic E-state index is 0.175. The van der Waals surface area contributed by atoms with E-state index in [9.17, 15) is 0 Å². The summed E-state index contributed by atoms with van der Waals surface area (Å²) in [5.74, 6) is 1.96. The largest absolute Gasteiger partial charge is 0.317 e. The molecule has 0 bridgehead atoms. The summed E-state index contributed by atoms with van der Waals surface area (Å²) in [6.07, 6.45) is 2.36. The summed E-state index contributed by atoms with van der Waals surface area (Å²) >= 11 is 0. The van der Waals surface area contributed by atoms with Crippen LogP contribution in [-0.4, -0.2) is 20.3 Å². The zero-order chi connectivity index (χ0) is 11.5. The van der Waals surface area contributed by atoms with Gasteiger partial charge in [-0.1, -0.05) is 13.3 Å². The van der Waals surface area contributed by atoms with Crippen molar-refractivity contribution >= 4 is 0 Å². The number of nitrogens with zero attached hydrogens (tertiary/aromatic N) is 3. The molecule has 15 heavy (non-hydrogen) atoms. The van der Waals surface area contributed by atoms with Crippen LogP contribution in [-0.2, 0) is 13.6 Å². The van der Waals surface area contributed by atoms with Crippen molar-refractivity contribution in [2.75, 3.05) is 0 Å². The summed E-state index contributed by atoms with van der Waals surface area (Å²) in [6, 6.07) is 0. The molecule has 4 nitrogen and oxygen atoms in total. The maximum atomic E-state index is 4.13. The molecule has 0 radical (unpaired) electrons. The van der Waals surface area contributed by atoms with Gasteiger partial charge in [0, 0.05) is 12.6 Å². The van der Waals surface area contributed by atoms with E-state index in [-0.39, 0.29) is 5.54 Å². The molecule has 0 amide bonds. The van der Waals surface area contributed by atoms with E-state index in [0.717, 1.165) is 18.2 Å². The first-order chi connectivity index (χ1) is 6.96. The van der Waals surface area contributed by atoms with Gasteiger partial charge in [-0.25, -0.2) is 0 Å². The van der Waals surface area contributed by atoms with Gasteiger partial charge >= 0.3 is 0 Å². The average Bonchev–Trinajstić information content (AvgIpc) is 2.45. The maximum absolute atomic E-state index is 4.13. The molecule has 0 aliphatic carbocycles. The van der Waals surface area contributed by atoms with Crippen molar-refractivity contribution in [2.24, 2.45) is 7.05 Å². The van der Waals surface area contributed by atoms with Crippen molar-refractivity contribution in [1.82, 2.24) is 20.1 Å². The summed E-state index contributed by atoms with van der Waals surface area (Å²) in [6.45, 7) is 9.40. The first-order valence-corrected chi connectivity index (χ1v) is 5.56. The van der Waals surface area contributed by atoms with Crippen LogP contribution in [0.3, 0.4) is 0 Å². The summed E-state index contributed by atoms with van der Waals surface area (Å²) < 4.78 is 2.02. The van der Waals surface area contributed by atoms with Crippen molar-refractivity contribution in [3.05, 3.63) is 11.6 Å². The van der Waals surface area contributed by atoms with Gasteiger partial charge in [0.25, 0.3) is 0 Å². The lowest BCUT2D eigenvalue weighted by molar-refractivity contribution is 0.350. The predicted molar refractivity (Wildman–Crippen MR) is 61.6 cm³/mol. The smallest absolute Gasteiger partial charge is 0.146 e. The Morgan fingerprint density at radius 2 is 2.00 bits per heavy atom. The van der Waals surface area contributed by atoms with E-state index >= 15 is 0 Å². The highest BCUT2D eigenvalue weighted by Crippen LogP contribution is 2.11. The molecule has 0 aliphatic heterocycles. The Kier molecular flexibility index (Phi) is 3.85. The molecule has 1 aromatic heterocycles. The molecule has 1 rings (SSSR count). The van der Waals surface area contributed by atoms with Crippen LogP contribution in [0.15, 0.2) is 0 Å². The molecular weight excluding hydrogens is 188 g/mol. The van der Waals surface area contributed by atoms with E-state index in [2.05, 4.69) is 36.3 Å². The fourth-order valence-corrected chi connectivity index (χ4v) is 1.64. The quantitative estimate of drug-likeness (QED) is 0.805. The van der Waals surface area contributed by atoms with Crippen LogP contribution >= 0.6 is 0 Å². The van der Waals surface area contributed by atoms with Crippen molar-refractivity contribution in [3.8, 4) is 0 Å². The van der Waals surface area contributed by atoms with Gasteiger partial charge in [-0.3, -0.25) is 0 Å². The van der Waals surface area contributed by atoms with Crippen molar-refractivity contribution < 1.29 is 0 Å². The Morgan fingerprint density at radius 1 is 1.33 bits per heavy atom. The molecule has 1 N–H and O–H groups in total. The topological polar surface area (TPSA) is 42.7 Å². The molecule has 0 unspecified atom stereocenters. The van der Waals surface area contributed by atoms with Gasteiger partial charge in [-0.05, 0) is 27.2 Å². The van der Waals surface area contributed by atoms with E-state index in [0.29, 0.717) is 0 Å². The van der Waals surface area contributed by atoms with Crippen molar-refractivity contribution in [2.45, 2.75) is 52.6 Å². The number of hydrogen-bond donors (Lipinski definition) is 1. The maximum Gasteiger partial charge on any atom is 0.146 e. The number of rotatable bonds is 5. The Hall–Kier alpha value is -0.900. The standard InChI is InChI=1S/C11H22N4/c1-6-7-11(3,4)12-8-10-14-13-9(2)15(10)5/h12H,6-8H2,1-5H3. The Balaban J connectivity index is 2.53. The van der Waals surface area contributed by atoms with Gasteiger partial charge in [0.1, 0.15) is 11.6 Å². The lowest BCUT2D eigenvalue weighted by Crippen LogP contribution is -2.39. The number of nitrogens with one attached hydrogen (secondary N) is 1. The molecule has 0 saturated carbocycles. The predicted octanol–water partition coefficient (Wildman–Crippen LogP) is 1.79. The van der Waals surface area contributed by atoms with Gasteiger partial charge in [-0.15, -0.1) is 10.2 Å². The van der Waals surface area contributed by atoms with Crippen LogP contribution in [0.25, 0.3) is 0 Å². The third kappa shape index (κ3) is 3.30. The van der Waals surface area contributed by atoms with Gasteiger partial charge in [0.05, 0.1) is 6.54 Å². The second-order valence-electron chi connectivity index (χ2n) is 4.71. The van der Waals surface area contributed by atoms with Gasteiger partial charge in [0.15, 0.2) is 0 Å². The first-order valence-electron chi connectivity index (χ1n) is 5.56. The third-order valence-electron chi connectivity index (χ3n) is 2.78. The van der Waals surface area contributed by atoms with Gasteiger partial charge in [-0.2, -0.15) is 0 Å². The molecule has 0 atom stereocenters. The lowest BCUT2D eigenvalue weighted by atomic mass is 9.99. The van der Waals surface area contributed by atoms with Crippen LogP contribution in [0.5, 0.6) is 0 Å². The second kappa shape index (κ2) is 4.75.